The average molecular weight is 674 g/mol. The molecule has 248 valence electrons. The Hall–Kier alpha value is -5.09. The number of carbonyl (C=O) groups is 1. The van der Waals surface area contributed by atoms with Gasteiger partial charge in [-0.15, -0.1) is 0 Å². The molecule has 4 atom stereocenters. The number of carbonyl (C=O) groups excluding carboxylic acids is 1. The third-order valence-electron chi connectivity index (χ3n) is 11.8. The molecule has 0 saturated heterocycles. The van der Waals surface area contributed by atoms with Gasteiger partial charge in [-0.2, -0.15) is 5.10 Å². The third kappa shape index (κ3) is 4.46. The number of benzene rings is 4. The molecule has 5 aliphatic rings. The van der Waals surface area contributed by atoms with Crippen LogP contribution >= 0.6 is 12.2 Å². The fourth-order valence-corrected chi connectivity index (χ4v) is 9.77. The number of thiocarbonyl (C=S) groups is 1. The first-order valence-electron chi connectivity index (χ1n) is 16.8. The van der Waals surface area contributed by atoms with Crippen molar-refractivity contribution in [1.82, 2.24) is 5.43 Å². The number of esters is 1. The number of phenols is 3. The van der Waals surface area contributed by atoms with E-state index in [0.29, 0.717) is 68.1 Å². The molecule has 5 N–H and O–H groups in total. The van der Waals surface area contributed by atoms with E-state index in [4.69, 9.17) is 26.8 Å². The Morgan fingerprint density at radius 2 is 1.55 bits per heavy atom. The van der Waals surface area contributed by atoms with E-state index in [1.165, 1.54) is 35.4 Å². The molecule has 0 radical (unpaired) electrons. The zero-order chi connectivity index (χ0) is 33.7. The van der Waals surface area contributed by atoms with Gasteiger partial charge in [0.15, 0.2) is 10.7 Å². The molecule has 10 heteroatoms. The summed E-state index contributed by atoms with van der Waals surface area (Å²) >= 11 is 5.68. The van der Waals surface area contributed by atoms with Crippen LogP contribution < -0.4 is 15.5 Å². The number of nitrogens with one attached hydrogen (secondary N) is 2. The van der Waals surface area contributed by atoms with Crippen molar-refractivity contribution < 1.29 is 29.6 Å². The predicted molar refractivity (Wildman–Crippen MR) is 188 cm³/mol. The summed E-state index contributed by atoms with van der Waals surface area (Å²) in [6.45, 7) is 2.36. The maximum Gasteiger partial charge on any atom is 0.340 e. The molecule has 4 aromatic rings. The van der Waals surface area contributed by atoms with Gasteiger partial charge in [-0.05, 0) is 128 Å². The smallest absolute Gasteiger partial charge is 0.340 e. The summed E-state index contributed by atoms with van der Waals surface area (Å²) in [5.74, 6) is 2.20. The largest absolute Gasteiger partial charge is 0.508 e. The zero-order valence-corrected chi connectivity index (χ0v) is 27.6. The van der Waals surface area contributed by atoms with Gasteiger partial charge in [0.05, 0.1) is 5.56 Å². The average Bonchev–Trinajstić information content (AvgIpc) is 3.56. The van der Waals surface area contributed by atoms with E-state index >= 15 is 0 Å². The van der Waals surface area contributed by atoms with Crippen LogP contribution in [0.1, 0.15) is 83.1 Å². The number of fused-ring (bicyclic) bond motifs is 11. The van der Waals surface area contributed by atoms with Crippen LogP contribution in [0.3, 0.4) is 0 Å². The maximum absolute atomic E-state index is 13.5. The normalized spacial score (nSPS) is 25.9. The van der Waals surface area contributed by atoms with Gasteiger partial charge in [-0.3, -0.25) is 5.43 Å². The number of rotatable bonds is 2. The molecule has 9 rings (SSSR count). The van der Waals surface area contributed by atoms with Crippen LogP contribution in [0.5, 0.6) is 28.7 Å². The molecule has 3 aliphatic carbocycles. The molecule has 1 spiro atoms. The van der Waals surface area contributed by atoms with Crippen LogP contribution in [-0.2, 0) is 16.8 Å². The lowest BCUT2D eigenvalue weighted by molar-refractivity contribution is 0.0224. The summed E-state index contributed by atoms with van der Waals surface area (Å²) in [7, 11) is 0. The van der Waals surface area contributed by atoms with Gasteiger partial charge in [0, 0.05) is 45.6 Å². The van der Waals surface area contributed by atoms with Crippen molar-refractivity contribution in [3.8, 4) is 28.7 Å². The number of hydrazone groups is 1. The van der Waals surface area contributed by atoms with Crippen molar-refractivity contribution in [2.45, 2.75) is 57.0 Å². The monoisotopic (exact) mass is 673 g/mol. The van der Waals surface area contributed by atoms with Crippen molar-refractivity contribution >= 4 is 34.7 Å². The number of aryl methyl sites for hydroxylation is 1. The van der Waals surface area contributed by atoms with Gasteiger partial charge in [0.25, 0.3) is 0 Å². The number of aromatic hydroxyl groups is 3. The molecule has 0 unspecified atom stereocenters. The number of hydrogen-bond acceptors (Lipinski definition) is 8. The van der Waals surface area contributed by atoms with Gasteiger partial charge in [0.2, 0.25) is 0 Å². The van der Waals surface area contributed by atoms with Crippen molar-refractivity contribution in [1.29, 1.82) is 0 Å². The van der Waals surface area contributed by atoms with Crippen molar-refractivity contribution in [2.24, 2.45) is 22.4 Å². The molecule has 49 heavy (non-hydrogen) atoms. The minimum Gasteiger partial charge on any atom is -0.508 e. The molecule has 9 nitrogen and oxygen atoms in total. The predicted octanol–water partition coefficient (Wildman–Crippen LogP) is 7.57. The summed E-state index contributed by atoms with van der Waals surface area (Å²) in [5, 5.41) is 38.8. The Kier molecular flexibility index (Phi) is 6.55. The Morgan fingerprint density at radius 3 is 2.31 bits per heavy atom. The molecule has 0 bridgehead atoms. The SMILES string of the molecule is C[C@]12CC[C@@H]3c4ccc(O)cc4CC[C@H]3[C@H]1CC/C2=N\NC(=S)Nc1ccc2c(c1)C(=O)OC21c2ccc(O)cc2Oc2cc(O)ccc21. The number of anilines is 1. The molecule has 2 aliphatic heterocycles. The highest BCUT2D eigenvalue weighted by Crippen LogP contribution is 2.60. The van der Waals surface area contributed by atoms with E-state index < -0.39 is 11.6 Å². The summed E-state index contributed by atoms with van der Waals surface area (Å²) in [6, 6.07) is 20.7. The second-order valence-electron chi connectivity index (χ2n) is 14.2. The Labute approximate surface area is 288 Å². The van der Waals surface area contributed by atoms with Crippen molar-refractivity contribution in [2.75, 3.05) is 5.32 Å². The van der Waals surface area contributed by atoms with E-state index in [2.05, 4.69) is 23.7 Å². The standard InChI is InChI=1S/C39H35N3O6S/c1-38-15-14-26-25-8-4-22(43)16-20(25)2-7-27(26)29(38)12-13-35(38)41-42-37(49)40-21-3-9-30-28(17-21)36(46)48-39(30)31-10-5-23(44)18-33(31)47-34-19-24(45)6-11-32(34)39/h3-6,8-11,16-19,26-27,29,43-45H,2,7,12-15H2,1H3,(H2,40,42,49)/b41-35+/t26-,27-,29-,38+/m1/s1. The Morgan fingerprint density at radius 1 is 0.857 bits per heavy atom. The van der Waals surface area contributed by atoms with Crippen LogP contribution in [-0.4, -0.2) is 32.1 Å². The number of ether oxygens (including phenoxy) is 2. The quantitative estimate of drug-likeness (QED) is 0.0830. The van der Waals surface area contributed by atoms with Gasteiger partial charge in [0.1, 0.15) is 28.7 Å². The van der Waals surface area contributed by atoms with Gasteiger partial charge >= 0.3 is 5.97 Å². The fourth-order valence-electron chi connectivity index (χ4n) is 9.60. The lowest BCUT2D eigenvalue weighted by Crippen LogP contribution is -2.43. The molecule has 2 fully saturated rings. The molecular formula is C39H35N3O6S. The van der Waals surface area contributed by atoms with E-state index in [9.17, 15) is 20.1 Å². The van der Waals surface area contributed by atoms with Gasteiger partial charge in [-0.25, -0.2) is 4.79 Å². The number of hydrogen-bond donors (Lipinski definition) is 5. The molecule has 0 aromatic heterocycles. The highest BCUT2D eigenvalue weighted by molar-refractivity contribution is 7.80. The molecule has 4 aromatic carbocycles. The van der Waals surface area contributed by atoms with Crippen LogP contribution in [0, 0.1) is 17.3 Å². The minimum atomic E-state index is -1.32. The van der Waals surface area contributed by atoms with Gasteiger partial charge in [-0.1, -0.05) is 19.1 Å². The molecule has 0 amide bonds. The number of phenolic OH excluding ortho intramolecular Hbond substituents is 3. The van der Waals surface area contributed by atoms with E-state index in [1.54, 1.807) is 18.2 Å². The van der Waals surface area contributed by atoms with Crippen molar-refractivity contribution in [3.05, 3.63) is 106 Å². The zero-order valence-electron chi connectivity index (χ0n) is 26.8. The summed E-state index contributed by atoms with van der Waals surface area (Å²) in [4.78, 5) is 13.5. The van der Waals surface area contributed by atoms with Crippen molar-refractivity contribution in [3.63, 3.8) is 0 Å². The first-order valence-corrected chi connectivity index (χ1v) is 17.2. The van der Waals surface area contributed by atoms with Crippen LogP contribution in [0.4, 0.5) is 5.69 Å². The molecule has 2 saturated carbocycles. The molecular weight excluding hydrogens is 639 g/mol. The van der Waals surface area contributed by atoms with Gasteiger partial charge < -0.3 is 30.1 Å². The highest BCUT2D eigenvalue weighted by atomic mass is 32.1. The Balaban J connectivity index is 0.953. The summed E-state index contributed by atoms with van der Waals surface area (Å²) in [6.07, 6.45) is 6.34. The summed E-state index contributed by atoms with van der Waals surface area (Å²) in [5.41, 5.74) is 8.38. The third-order valence-corrected chi connectivity index (χ3v) is 12.0. The van der Waals surface area contributed by atoms with E-state index in [-0.39, 0.29) is 16.9 Å². The number of nitrogens with zero attached hydrogens (tertiary/aromatic N) is 1. The Bertz CT molecular complexity index is 2080. The first-order chi connectivity index (χ1) is 23.6. The van der Waals surface area contributed by atoms with Crippen LogP contribution in [0.25, 0.3) is 0 Å². The topological polar surface area (TPSA) is 133 Å². The lowest BCUT2D eigenvalue weighted by atomic mass is 9.55. The van der Waals surface area contributed by atoms with E-state index in [1.807, 2.05) is 24.3 Å². The first kappa shape index (κ1) is 30.0. The highest BCUT2D eigenvalue weighted by Gasteiger charge is 2.55. The van der Waals surface area contributed by atoms with E-state index in [0.717, 1.165) is 44.2 Å². The maximum atomic E-state index is 13.5. The van der Waals surface area contributed by atoms with Crippen LogP contribution in [0.2, 0.25) is 0 Å². The summed E-state index contributed by atoms with van der Waals surface area (Å²) < 4.78 is 12.2. The second kappa shape index (κ2) is 10.7. The lowest BCUT2D eigenvalue weighted by Gasteiger charge is -2.49. The van der Waals surface area contributed by atoms with Crippen LogP contribution in [0.15, 0.2) is 77.9 Å². The minimum absolute atomic E-state index is 0.00245. The fraction of sp³-hybridized carbons (Fsp3) is 0.308. The molecule has 2 heterocycles. The second-order valence-corrected chi connectivity index (χ2v) is 14.6.